The standard InChI is InChI=1S/C14H16ClN5O/c1-10-11(15)3-2-4-13(10)19-5-7-20(8-6-19)14(21)12-9-16-18-17-12/h2-4,9H,5-8H2,1H3,(H,16,17,18). The molecule has 0 bridgehead atoms. The van der Waals surface area contributed by atoms with Crippen LogP contribution in [0.4, 0.5) is 5.69 Å². The molecule has 1 aliphatic rings. The highest BCUT2D eigenvalue weighted by molar-refractivity contribution is 6.31. The highest BCUT2D eigenvalue weighted by atomic mass is 35.5. The number of halogens is 1. The Morgan fingerprint density at radius 2 is 2.05 bits per heavy atom. The van der Waals surface area contributed by atoms with Crippen molar-refractivity contribution < 1.29 is 4.79 Å². The molecule has 0 spiro atoms. The highest BCUT2D eigenvalue weighted by Gasteiger charge is 2.24. The molecule has 3 rings (SSSR count). The molecule has 0 aliphatic carbocycles. The number of anilines is 1. The van der Waals surface area contributed by atoms with Crippen LogP contribution in [0.25, 0.3) is 0 Å². The normalized spacial score (nSPS) is 15.3. The third kappa shape index (κ3) is 2.71. The minimum absolute atomic E-state index is 0.0776. The van der Waals surface area contributed by atoms with Crippen LogP contribution in [0.3, 0.4) is 0 Å². The maximum absolute atomic E-state index is 12.2. The lowest BCUT2D eigenvalue weighted by molar-refractivity contribution is 0.0741. The van der Waals surface area contributed by atoms with Gasteiger partial charge in [-0.05, 0) is 24.6 Å². The van der Waals surface area contributed by atoms with E-state index in [2.05, 4.69) is 26.4 Å². The topological polar surface area (TPSA) is 65.1 Å². The summed E-state index contributed by atoms with van der Waals surface area (Å²) in [6.45, 7) is 4.91. The van der Waals surface area contributed by atoms with Crippen molar-refractivity contribution in [3.63, 3.8) is 0 Å². The number of benzene rings is 1. The predicted molar refractivity (Wildman–Crippen MR) is 80.7 cm³/mol. The maximum atomic E-state index is 12.2. The Balaban J connectivity index is 1.68. The Hall–Kier alpha value is -2.08. The van der Waals surface area contributed by atoms with Crippen LogP contribution in [0, 0.1) is 6.92 Å². The van der Waals surface area contributed by atoms with E-state index in [1.54, 1.807) is 4.90 Å². The number of rotatable bonds is 2. The van der Waals surface area contributed by atoms with Crippen molar-refractivity contribution in [1.82, 2.24) is 20.3 Å². The third-order valence-corrected chi connectivity index (χ3v) is 4.19. The van der Waals surface area contributed by atoms with Gasteiger partial charge in [-0.25, -0.2) is 0 Å². The first-order valence-electron chi connectivity index (χ1n) is 6.82. The Bertz CT molecular complexity index is 635. The fourth-order valence-electron chi connectivity index (χ4n) is 2.56. The predicted octanol–water partition coefficient (Wildman–Crippen LogP) is 1.73. The quantitative estimate of drug-likeness (QED) is 0.917. The molecule has 1 fully saturated rings. The number of carbonyl (C=O) groups is 1. The molecule has 7 heteroatoms. The molecule has 0 unspecified atom stereocenters. The van der Waals surface area contributed by atoms with Crippen LogP contribution in [-0.4, -0.2) is 52.4 Å². The zero-order valence-corrected chi connectivity index (χ0v) is 12.5. The number of nitrogens with one attached hydrogen (secondary N) is 1. The van der Waals surface area contributed by atoms with Crippen molar-refractivity contribution in [2.45, 2.75) is 6.92 Å². The van der Waals surface area contributed by atoms with Crippen molar-refractivity contribution in [2.24, 2.45) is 0 Å². The van der Waals surface area contributed by atoms with E-state index in [-0.39, 0.29) is 5.91 Å². The van der Waals surface area contributed by atoms with Gasteiger partial charge in [0.25, 0.3) is 5.91 Å². The summed E-state index contributed by atoms with van der Waals surface area (Å²) in [5.41, 5.74) is 2.58. The van der Waals surface area contributed by atoms with Crippen LogP contribution < -0.4 is 4.90 Å². The van der Waals surface area contributed by atoms with Crippen molar-refractivity contribution in [3.05, 3.63) is 40.7 Å². The molecule has 1 aromatic carbocycles. The van der Waals surface area contributed by atoms with Crippen LogP contribution in [0.1, 0.15) is 16.1 Å². The summed E-state index contributed by atoms with van der Waals surface area (Å²) in [5, 5.41) is 10.7. The minimum Gasteiger partial charge on any atom is -0.368 e. The van der Waals surface area contributed by atoms with Gasteiger partial charge in [-0.15, -0.1) is 0 Å². The lowest BCUT2D eigenvalue weighted by atomic mass is 10.1. The van der Waals surface area contributed by atoms with Gasteiger partial charge in [0.15, 0.2) is 5.69 Å². The van der Waals surface area contributed by atoms with E-state index in [1.165, 1.54) is 6.20 Å². The van der Waals surface area contributed by atoms with Crippen molar-refractivity contribution in [1.29, 1.82) is 0 Å². The first-order chi connectivity index (χ1) is 10.2. The summed E-state index contributed by atoms with van der Waals surface area (Å²) < 4.78 is 0. The van der Waals surface area contributed by atoms with Gasteiger partial charge >= 0.3 is 0 Å². The number of aromatic amines is 1. The number of hydrogen-bond donors (Lipinski definition) is 1. The van der Waals surface area contributed by atoms with E-state index in [9.17, 15) is 4.79 Å². The average molecular weight is 306 g/mol. The van der Waals surface area contributed by atoms with Crippen LogP contribution in [0.2, 0.25) is 5.02 Å². The molecule has 1 saturated heterocycles. The smallest absolute Gasteiger partial charge is 0.276 e. The fraction of sp³-hybridized carbons (Fsp3) is 0.357. The molecule has 1 aliphatic heterocycles. The molecule has 6 nitrogen and oxygen atoms in total. The minimum atomic E-state index is -0.0776. The van der Waals surface area contributed by atoms with Crippen molar-refractivity contribution in [2.75, 3.05) is 31.1 Å². The molecule has 110 valence electrons. The Morgan fingerprint density at radius 1 is 1.29 bits per heavy atom. The van der Waals surface area contributed by atoms with Gasteiger partial charge in [-0.2, -0.15) is 15.4 Å². The van der Waals surface area contributed by atoms with Crippen LogP contribution in [-0.2, 0) is 0 Å². The van der Waals surface area contributed by atoms with Crippen LogP contribution >= 0.6 is 11.6 Å². The number of nitrogens with zero attached hydrogens (tertiary/aromatic N) is 4. The Morgan fingerprint density at radius 3 is 2.71 bits per heavy atom. The SMILES string of the molecule is Cc1c(Cl)cccc1N1CCN(C(=O)c2cn[nH]n2)CC1. The molecule has 1 aromatic heterocycles. The van der Waals surface area contributed by atoms with Gasteiger partial charge in [-0.3, -0.25) is 4.79 Å². The molecule has 0 radical (unpaired) electrons. The van der Waals surface area contributed by atoms with Gasteiger partial charge in [0.1, 0.15) is 0 Å². The van der Waals surface area contributed by atoms with E-state index in [0.29, 0.717) is 18.8 Å². The van der Waals surface area contributed by atoms with Crippen molar-refractivity contribution >= 4 is 23.2 Å². The van der Waals surface area contributed by atoms with E-state index in [4.69, 9.17) is 11.6 Å². The lowest BCUT2D eigenvalue weighted by Gasteiger charge is -2.36. The number of amides is 1. The zero-order valence-electron chi connectivity index (χ0n) is 11.7. The van der Waals surface area contributed by atoms with Gasteiger partial charge in [-0.1, -0.05) is 17.7 Å². The highest BCUT2D eigenvalue weighted by Crippen LogP contribution is 2.27. The molecule has 1 N–H and O–H groups in total. The van der Waals surface area contributed by atoms with Gasteiger partial charge in [0.2, 0.25) is 0 Å². The summed E-state index contributed by atoms with van der Waals surface area (Å²) >= 11 is 6.17. The Kier molecular flexibility index (Phi) is 3.79. The number of piperazine rings is 1. The van der Waals surface area contributed by atoms with Crippen LogP contribution in [0.5, 0.6) is 0 Å². The van der Waals surface area contributed by atoms with Crippen LogP contribution in [0.15, 0.2) is 24.4 Å². The largest absolute Gasteiger partial charge is 0.368 e. The summed E-state index contributed by atoms with van der Waals surface area (Å²) in [5.74, 6) is -0.0776. The lowest BCUT2D eigenvalue weighted by Crippen LogP contribution is -2.49. The fourth-order valence-corrected chi connectivity index (χ4v) is 2.73. The maximum Gasteiger partial charge on any atom is 0.276 e. The molecule has 1 amide bonds. The third-order valence-electron chi connectivity index (χ3n) is 3.78. The number of hydrogen-bond acceptors (Lipinski definition) is 4. The average Bonchev–Trinajstić information content (AvgIpc) is 3.04. The second-order valence-electron chi connectivity index (χ2n) is 5.02. The van der Waals surface area contributed by atoms with E-state index < -0.39 is 0 Å². The monoisotopic (exact) mass is 305 g/mol. The summed E-state index contributed by atoms with van der Waals surface area (Å²) in [6.07, 6.45) is 1.45. The molecular weight excluding hydrogens is 290 g/mol. The number of carbonyl (C=O) groups excluding carboxylic acids is 1. The molecule has 0 atom stereocenters. The van der Waals surface area contributed by atoms with Crippen molar-refractivity contribution in [3.8, 4) is 0 Å². The van der Waals surface area contributed by atoms with E-state index in [0.717, 1.165) is 29.4 Å². The van der Waals surface area contributed by atoms with E-state index >= 15 is 0 Å². The molecule has 0 saturated carbocycles. The summed E-state index contributed by atoms with van der Waals surface area (Å²) in [6, 6.07) is 5.92. The van der Waals surface area contributed by atoms with Gasteiger partial charge < -0.3 is 9.80 Å². The van der Waals surface area contributed by atoms with E-state index in [1.807, 2.05) is 19.1 Å². The Labute approximate surface area is 127 Å². The van der Waals surface area contributed by atoms with Gasteiger partial charge in [0, 0.05) is 36.9 Å². The molecule has 2 heterocycles. The second-order valence-corrected chi connectivity index (χ2v) is 5.43. The first-order valence-corrected chi connectivity index (χ1v) is 7.19. The molecule has 21 heavy (non-hydrogen) atoms. The second kappa shape index (κ2) is 5.73. The number of aromatic nitrogens is 3. The van der Waals surface area contributed by atoms with Gasteiger partial charge in [0.05, 0.1) is 6.20 Å². The number of H-pyrrole nitrogens is 1. The first kappa shape index (κ1) is 13.9. The summed E-state index contributed by atoms with van der Waals surface area (Å²) in [7, 11) is 0. The summed E-state index contributed by atoms with van der Waals surface area (Å²) in [4.78, 5) is 16.2. The molecular formula is C14H16ClN5O. The zero-order chi connectivity index (χ0) is 14.8. The molecule has 2 aromatic rings.